The third kappa shape index (κ3) is 5.44. The van der Waals surface area contributed by atoms with Crippen molar-refractivity contribution in [1.82, 2.24) is 14.2 Å². The molecule has 5 rings (SSSR count). The molecule has 0 radical (unpaired) electrons. The molecule has 204 valence electrons. The van der Waals surface area contributed by atoms with Crippen molar-refractivity contribution in [2.24, 2.45) is 29.6 Å². The SMILES string of the molecule is CC1CC(C)CN(C(=O)C2C3CC(C4CCN(S(=O)(=O)Cc5ccccc5)CC4)CCN3[N+](=O)C2C)C1. The second kappa shape index (κ2) is 10.6. The molecule has 0 spiro atoms. The number of benzene rings is 1. The van der Waals surface area contributed by atoms with Gasteiger partial charge in [-0.3, -0.25) is 4.79 Å². The average Bonchev–Trinajstić information content (AvgIpc) is 3.12. The van der Waals surface area contributed by atoms with Crippen LogP contribution in [0.4, 0.5) is 0 Å². The Morgan fingerprint density at radius 3 is 2.19 bits per heavy atom. The molecule has 4 aliphatic rings. The summed E-state index contributed by atoms with van der Waals surface area (Å²) in [6, 6.07) is 8.99. The predicted molar refractivity (Wildman–Crippen MR) is 143 cm³/mol. The van der Waals surface area contributed by atoms with Crippen LogP contribution in [0.2, 0.25) is 0 Å². The number of piperidine rings is 3. The van der Waals surface area contributed by atoms with Gasteiger partial charge in [0.2, 0.25) is 22.0 Å². The number of likely N-dealkylation sites (tertiary alicyclic amines) is 1. The van der Waals surface area contributed by atoms with Gasteiger partial charge >= 0.3 is 0 Å². The first kappa shape index (κ1) is 26.6. The number of hydrogen-bond acceptors (Lipinski definition) is 4. The average molecular weight is 532 g/mol. The van der Waals surface area contributed by atoms with E-state index in [1.165, 1.54) is 0 Å². The van der Waals surface area contributed by atoms with Gasteiger partial charge in [0.15, 0.2) is 0 Å². The standard InChI is InChI=1S/C28H43N4O4S/c1-20-15-21(2)18-29(17-20)28(33)27-22(3)32(34)31-14-11-25(16-26(27)31)24-9-12-30(13-10-24)37(35,36)19-23-7-5-4-6-8-23/h4-8,20-22,24-27H,9-19H2,1-3H3/q+1. The van der Waals surface area contributed by atoms with Crippen LogP contribution in [-0.4, -0.2) is 78.2 Å². The van der Waals surface area contributed by atoms with E-state index in [1.54, 1.807) is 4.31 Å². The quantitative estimate of drug-likeness (QED) is 0.543. The molecule has 37 heavy (non-hydrogen) atoms. The number of carbonyl (C=O) groups is 1. The summed E-state index contributed by atoms with van der Waals surface area (Å²) in [5.74, 6) is 1.76. The van der Waals surface area contributed by atoms with E-state index in [-0.39, 0.29) is 29.7 Å². The minimum absolute atomic E-state index is 0.0493. The molecule has 1 aromatic carbocycles. The van der Waals surface area contributed by atoms with Crippen LogP contribution in [0, 0.1) is 34.5 Å². The third-order valence-corrected chi connectivity index (χ3v) is 11.3. The molecule has 4 fully saturated rings. The van der Waals surface area contributed by atoms with Crippen LogP contribution in [0.5, 0.6) is 0 Å². The molecule has 0 N–H and O–H groups in total. The van der Waals surface area contributed by atoms with Gasteiger partial charge in [-0.2, -0.15) is 0 Å². The summed E-state index contributed by atoms with van der Waals surface area (Å²) < 4.78 is 27.7. The number of carbonyl (C=O) groups excluding carboxylic acids is 1. The van der Waals surface area contributed by atoms with Crippen molar-refractivity contribution in [3.63, 3.8) is 0 Å². The zero-order valence-electron chi connectivity index (χ0n) is 22.5. The van der Waals surface area contributed by atoms with Gasteiger partial charge < -0.3 is 4.90 Å². The van der Waals surface area contributed by atoms with Crippen LogP contribution in [0.3, 0.4) is 0 Å². The van der Waals surface area contributed by atoms with E-state index in [0.717, 1.165) is 55.6 Å². The third-order valence-electron chi connectivity index (χ3n) is 9.41. The fourth-order valence-electron chi connectivity index (χ4n) is 7.64. The summed E-state index contributed by atoms with van der Waals surface area (Å²) >= 11 is 0. The van der Waals surface area contributed by atoms with Crippen LogP contribution in [0.25, 0.3) is 0 Å². The molecule has 0 saturated carbocycles. The molecule has 4 aliphatic heterocycles. The lowest BCUT2D eigenvalue weighted by Crippen LogP contribution is -2.51. The van der Waals surface area contributed by atoms with Crippen molar-refractivity contribution in [3.05, 3.63) is 40.8 Å². The number of rotatable bonds is 5. The Bertz CT molecular complexity index is 1080. The normalized spacial score (nSPS) is 34.0. The molecule has 4 heterocycles. The van der Waals surface area contributed by atoms with Gasteiger partial charge in [-0.1, -0.05) is 44.2 Å². The molecule has 1 aromatic rings. The zero-order valence-corrected chi connectivity index (χ0v) is 23.4. The summed E-state index contributed by atoms with van der Waals surface area (Å²) in [5, 5.41) is 1.92. The summed E-state index contributed by atoms with van der Waals surface area (Å²) in [4.78, 5) is 29.9. The van der Waals surface area contributed by atoms with Crippen LogP contribution in [-0.2, 0) is 20.6 Å². The van der Waals surface area contributed by atoms with Gasteiger partial charge in [0.25, 0.3) is 0 Å². The molecular formula is C28H43N4O4S+. The Balaban J connectivity index is 1.22. The van der Waals surface area contributed by atoms with E-state index < -0.39 is 10.0 Å². The highest BCUT2D eigenvalue weighted by molar-refractivity contribution is 7.88. The second-order valence-corrected chi connectivity index (χ2v) is 14.2. The van der Waals surface area contributed by atoms with Crippen LogP contribution in [0.15, 0.2) is 30.3 Å². The van der Waals surface area contributed by atoms with E-state index in [2.05, 4.69) is 13.8 Å². The summed E-state index contributed by atoms with van der Waals surface area (Å²) in [6.07, 6.45) is 4.63. The maximum atomic E-state index is 13.7. The summed E-state index contributed by atoms with van der Waals surface area (Å²) in [5.41, 5.74) is 0.822. The molecule has 9 heteroatoms. The second-order valence-electron chi connectivity index (χ2n) is 12.3. The van der Waals surface area contributed by atoms with Gasteiger partial charge in [0.05, 0.1) is 17.2 Å². The number of nitrogens with zero attached hydrogens (tertiary/aromatic N) is 4. The van der Waals surface area contributed by atoms with E-state index >= 15 is 0 Å². The number of fused-ring (bicyclic) bond motifs is 1. The Morgan fingerprint density at radius 2 is 1.54 bits per heavy atom. The molecule has 8 nitrogen and oxygen atoms in total. The van der Waals surface area contributed by atoms with Gasteiger partial charge in [0.1, 0.15) is 16.8 Å². The smallest absolute Gasteiger partial charge is 0.245 e. The Labute approximate surface area is 222 Å². The van der Waals surface area contributed by atoms with Crippen molar-refractivity contribution in [3.8, 4) is 0 Å². The van der Waals surface area contributed by atoms with Gasteiger partial charge in [0, 0.05) is 33.1 Å². The molecular weight excluding hydrogens is 488 g/mol. The highest BCUT2D eigenvalue weighted by Crippen LogP contribution is 2.42. The fraction of sp³-hybridized carbons (Fsp3) is 0.750. The molecule has 1 amide bonds. The number of hydrazine groups is 1. The molecule has 0 aromatic heterocycles. The van der Waals surface area contributed by atoms with Gasteiger partial charge in [-0.25, -0.2) is 12.7 Å². The van der Waals surface area contributed by atoms with Gasteiger partial charge in [-0.05, 0) is 61.3 Å². The van der Waals surface area contributed by atoms with Crippen LogP contribution < -0.4 is 0 Å². The molecule has 4 saturated heterocycles. The Hall–Kier alpha value is -2.00. The van der Waals surface area contributed by atoms with E-state index in [9.17, 15) is 18.1 Å². The van der Waals surface area contributed by atoms with Crippen molar-refractivity contribution in [2.45, 2.75) is 70.7 Å². The number of sulfonamides is 1. The van der Waals surface area contributed by atoms with E-state index in [4.69, 9.17) is 0 Å². The van der Waals surface area contributed by atoms with Gasteiger partial charge in [-0.15, -0.1) is 5.01 Å². The first-order chi connectivity index (χ1) is 17.6. The van der Waals surface area contributed by atoms with E-state index in [1.807, 2.05) is 47.2 Å². The van der Waals surface area contributed by atoms with Crippen molar-refractivity contribution in [1.29, 1.82) is 0 Å². The maximum Gasteiger partial charge on any atom is 0.245 e. The largest absolute Gasteiger partial charge is 0.342 e. The molecule has 0 aliphatic carbocycles. The lowest BCUT2D eigenvalue weighted by Gasteiger charge is -2.41. The number of amides is 1. The van der Waals surface area contributed by atoms with E-state index in [0.29, 0.717) is 43.3 Å². The van der Waals surface area contributed by atoms with Crippen molar-refractivity contribution >= 4 is 15.9 Å². The predicted octanol–water partition coefficient (Wildman–Crippen LogP) is 3.53. The Morgan fingerprint density at radius 1 is 0.919 bits per heavy atom. The molecule has 0 bridgehead atoms. The summed E-state index contributed by atoms with van der Waals surface area (Å²) in [6.45, 7) is 9.71. The highest BCUT2D eigenvalue weighted by Gasteiger charge is 2.59. The zero-order chi connectivity index (χ0) is 26.3. The fourth-order valence-corrected chi connectivity index (χ4v) is 9.20. The lowest BCUT2D eigenvalue weighted by molar-refractivity contribution is -0.716. The first-order valence-electron chi connectivity index (χ1n) is 14.2. The minimum Gasteiger partial charge on any atom is -0.342 e. The lowest BCUT2D eigenvalue weighted by atomic mass is 9.74. The van der Waals surface area contributed by atoms with Crippen molar-refractivity contribution in [2.75, 3.05) is 32.7 Å². The molecule has 6 atom stereocenters. The first-order valence-corrected chi connectivity index (χ1v) is 15.8. The Kier molecular flexibility index (Phi) is 7.65. The topological polar surface area (TPSA) is 81.0 Å². The van der Waals surface area contributed by atoms with Crippen molar-refractivity contribution < 1.29 is 18.1 Å². The molecule has 6 unspecified atom stereocenters. The minimum atomic E-state index is -3.33. The maximum absolute atomic E-state index is 13.7. The number of hydrogen-bond donors (Lipinski definition) is 0. The number of nitroso groups, excluding NO2 is 1. The monoisotopic (exact) mass is 531 g/mol. The summed E-state index contributed by atoms with van der Waals surface area (Å²) in [7, 11) is -3.33. The van der Waals surface area contributed by atoms with Crippen LogP contribution >= 0.6 is 0 Å². The van der Waals surface area contributed by atoms with Crippen LogP contribution in [0.1, 0.15) is 58.4 Å². The highest BCUT2D eigenvalue weighted by atomic mass is 32.2.